The maximum atomic E-state index is 14.9. The second-order valence-corrected chi connectivity index (χ2v) is 7.53. The Balaban J connectivity index is 1.28. The molecule has 0 saturated carbocycles. The van der Waals surface area contributed by atoms with Crippen molar-refractivity contribution in [3.8, 4) is 11.1 Å². The Labute approximate surface area is 178 Å². The molecule has 158 valence electrons. The number of hydrogen-bond acceptors (Lipinski definition) is 6. The van der Waals surface area contributed by atoms with Gasteiger partial charge in [-0.1, -0.05) is 29.5 Å². The Bertz CT molecular complexity index is 1100. The zero-order chi connectivity index (χ0) is 21.2. The lowest BCUT2D eigenvalue weighted by molar-refractivity contribution is 0.129. The molecule has 0 aliphatic carbocycles. The topological polar surface area (TPSA) is 75.5 Å². The van der Waals surface area contributed by atoms with Crippen molar-refractivity contribution in [3.63, 3.8) is 0 Å². The molecule has 1 aromatic heterocycles. The Hall–Kier alpha value is -3.88. The lowest BCUT2D eigenvalue weighted by Crippen LogP contribution is -2.26. The molecule has 1 atom stereocenters. The van der Waals surface area contributed by atoms with E-state index in [-0.39, 0.29) is 11.9 Å². The van der Waals surface area contributed by atoms with Crippen LogP contribution in [0.4, 0.5) is 14.9 Å². The van der Waals surface area contributed by atoms with Crippen molar-refractivity contribution in [3.05, 3.63) is 78.6 Å². The summed E-state index contributed by atoms with van der Waals surface area (Å²) in [6, 6.07) is 12.7. The van der Waals surface area contributed by atoms with Gasteiger partial charge in [0.2, 0.25) is 0 Å². The lowest BCUT2D eigenvalue weighted by atomic mass is 10.0. The highest BCUT2D eigenvalue weighted by molar-refractivity contribution is 5.90. The molecule has 2 aliphatic rings. The number of benzene rings is 2. The first kappa shape index (κ1) is 19.1. The first-order chi connectivity index (χ1) is 15.2. The summed E-state index contributed by atoms with van der Waals surface area (Å²) >= 11 is 0. The highest BCUT2D eigenvalue weighted by Gasteiger charge is 2.33. The number of ether oxygens (including phenoxy) is 1. The number of halogens is 1. The minimum absolute atomic E-state index is 0.325. The molecular formula is C22H21FN6O2. The molecule has 1 N–H and O–H groups in total. The van der Waals surface area contributed by atoms with Crippen LogP contribution in [-0.4, -0.2) is 45.3 Å². The zero-order valence-electron chi connectivity index (χ0n) is 16.7. The first-order valence-electron chi connectivity index (χ1n) is 10.0. The number of carbonyl (C=O) groups is 1. The molecular weight excluding hydrogens is 399 g/mol. The molecule has 3 heterocycles. The number of carbonyl (C=O) groups excluding carboxylic acids is 1. The summed E-state index contributed by atoms with van der Waals surface area (Å²) in [4.78, 5) is 15.9. The van der Waals surface area contributed by atoms with E-state index in [1.807, 2.05) is 36.7 Å². The Morgan fingerprint density at radius 1 is 1.19 bits per heavy atom. The molecule has 9 heteroatoms. The third kappa shape index (κ3) is 4.07. The Morgan fingerprint density at radius 2 is 2.06 bits per heavy atom. The number of nitrogens with zero attached hydrogens (tertiary/aromatic N) is 5. The zero-order valence-corrected chi connectivity index (χ0v) is 16.7. The highest BCUT2D eigenvalue weighted by Crippen LogP contribution is 2.29. The molecule has 5 rings (SSSR count). The van der Waals surface area contributed by atoms with Crippen LogP contribution in [0.1, 0.15) is 5.56 Å². The second-order valence-electron chi connectivity index (χ2n) is 7.53. The van der Waals surface area contributed by atoms with E-state index >= 15 is 0 Å². The van der Waals surface area contributed by atoms with Crippen LogP contribution in [-0.2, 0) is 17.8 Å². The molecule has 1 unspecified atom stereocenters. The van der Waals surface area contributed by atoms with Gasteiger partial charge in [-0.15, -0.1) is 5.10 Å². The minimum Gasteiger partial charge on any atom is -0.442 e. The van der Waals surface area contributed by atoms with Crippen LogP contribution in [0.5, 0.6) is 0 Å². The molecule has 0 radical (unpaired) electrons. The molecule has 0 spiro atoms. The molecule has 3 aromatic rings. The Kier molecular flexibility index (Phi) is 4.99. The molecule has 1 fully saturated rings. The van der Waals surface area contributed by atoms with E-state index in [0.29, 0.717) is 24.3 Å². The standard InChI is InChI=1S/C22H21FN6O2/c23-21-11-18(29-14-19(31-22(29)30)13-28-10-8-25-26-28)5-6-20(21)17-3-1-16(2-4-17)12-27-9-7-24-15-27/h1-11,19,24H,12-15H2. The molecule has 2 aliphatic heterocycles. The van der Waals surface area contributed by atoms with Crippen LogP contribution >= 0.6 is 0 Å². The SMILES string of the molecule is O=C1OC(Cn2ccnn2)CN1c1ccc(-c2ccc(CN3C=CNC3)cc2)c(F)c1. The van der Waals surface area contributed by atoms with Crippen LogP contribution < -0.4 is 10.2 Å². The van der Waals surface area contributed by atoms with Crippen molar-refractivity contribution in [2.24, 2.45) is 0 Å². The summed E-state index contributed by atoms with van der Waals surface area (Å²) in [5, 5.41) is 10.8. The average Bonchev–Trinajstić information content (AvgIpc) is 3.52. The number of cyclic esters (lactones) is 1. The summed E-state index contributed by atoms with van der Waals surface area (Å²) in [7, 11) is 0. The van der Waals surface area contributed by atoms with Gasteiger partial charge in [-0.3, -0.25) is 4.90 Å². The van der Waals surface area contributed by atoms with Crippen molar-refractivity contribution >= 4 is 11.8 Å². The first-order valence-corrected chi connectivity index (χ1v) is 10.0. The predicted molar refractivity (Wildman–Crippen MR) is 112 cm³/mol. The van der Waals surface area contributed by atoms with E-state index in [2.05, 4.69) is 20.5 Å². The third-order valence-electron chi connectivity index (χ3n) is 5.35. The molecule has 1 saturated heterocycles. The third-order valence-corrected chi connectivity index (χ3v) is 5.35. The average molecular weight is 420 g/mol. The van der Waals surface area contributed by atoms with E-state index in [4.69, 9.17) is 4.74 Å². The van der Waals surface area contributed by atoms with Crippen LogP contribution in [0.15, 0.2) is 67.3 Å². The van der Waals surface area contributed by atoms with Gasteiger partial charge in [0.15, 0.2) is 0 Å². The van der Waals surface area contributed by atoms with E-state index in [9.17, 15) is 9.18 Å². The summed E-state index contributed by atoms with van der Waals surface area (Å²) in [6.07, 6.45) is 6.33. The summed E-state index contributed by atoms with van der Waals surface area (Å²) in [5.41, 5.74) is 2.89. The predicted octanol–water partition coefficient (Wildman–Crippen LogP) is 2.94. The summed E-state index contributed by atoms with van der Waals surface area (Å²) in [6.45, 7) is 2.30. The van der Waals surface area contributed by atoms with E-state index < -0.39 is 6.09 Å². The van der Waals surface area contributed by atoms with Gasteiger partial charge in [-0.25, -0.2) is 13.9 Å². The van der Waals surface area contributed by atoms with Crippen LogP contribution in [0, 0.1) is 5.82 Å². The van der Waals surface area contributed by atoms with Gasteiger partial charge in [0.25, 0.3) is 0 Å². The van der Waals surface area contributed by atoms with Crippen molar-refractivity contribution in [2.75, 3.05) is 18.1 Å². The normalized spacial score (nSPS) is 17.8. The van der Waals surface area contributed by atoms with Gasteiger partial charge in [0, 0.05) is 30.7 Å². The van der Waals surface area contributed by atoms with Crippen molar-refractivity contribution < 1.29 is 13.9 Å². The number of nitrogens with one attached hydrogen (secondary N) is 1. The maximum Gasteiger partial charge on any atom is 0.414 e. The molecule has 1 amide bonds. The van der Waals surface area contributed by atoms with Gasteiger partial charge < -0.3 is 15.0 Å². The number of aromatic nitrogens is 3. The number of rotatable bonds is 6. The van der Waals surface area contributed by atoms with E-state index in [0.717, 1.165) is 24.3 Å². The number of hydrogen-bond donors (Lipinski definition) is 1. The molecule has 31 heavy (non-hydrogen) atoms. The minimum atomic E-state index is -0.493. The fraction of sp³-hybridized carbons (Fsp3) is 0.227. The van der Waals surface area contributed by atoms with Crippen molar-refractivity contribution in [1.82, 2.24) is 25.2 Å². The van der Waals surface area contributed by atoms with Crippen LogP contribution in [0.25, 0.3) is 11.1 Å². The second kappa shape index (κ2) is 8.10. The fourth-order valence-corrected chi connectivity index (χ4v) is 3.79. The van der Waals surface area contributed by atoms with Crippen molar-refractivity contribution in [1.29, 1.82) is 0 Å². The smallest absolute Gasteiger partial charge is 0.414 e. The Morgan fingerprint density at radius 3 is 2.77 bits per heavy atom. The fourth-order valence-electron chi connectivity index (χ4n) is 3.79. The number of anilines is 1. The van der Waals surface area contributed by atoms with Gasteiger partial charge in [0.1, 0.15) is 11.9 Å². The summed E-state index contributed by atoms with van der Waals surface area (Å²) in [5.74, 6) is -0.385. The maximum absolute atomic E-state index is 14.9. The molecule has 0 bridgehead atoms. The van der Waals surface area contributed by atoms with Gasteiger partial charge in [0.05, 0.1) is 31.6 Å². The van der Waals surface area contributed by atoms with Crippen LogP contribution in [0.2, 0.25) is 0 Å². The van der Waals surface area contributed by atoms with E-state index in [1.165, 1.54) is 11.0 Å². The quantitative estimate of drug-likeness (QED) is 0.661. The van der Waals surface area contributed by atoms with Gasteiger partial charge in [-0.2, -0.15) is 0 Å². The van der Waals surface area contributed by atoms with Gasteiger partial charge in [-0.05, 0) is 29.3 Å². The molecule has 2 aromatic carbocycles. The highest BCUT2D eigenvalue weighted by atomic mass is 19.1. The van der Waals surface area contributed by atoms with Crippen LogP contribution in [0.3, 0.4) is 0 Å². The lowest BCUT2D eigenvalue weighted by Gasteiger charge is -2.16. The number of amides is 1. The largest absolute Gasteiger partial charge is 0.442 e. The van der Waals surface area contributed by atoms with Crippen molar-refractivity contribution in [2.45, 2.75) is 19.2 Å². The monoisotopic (exact) mass is 420 g/mol. The molecule has 8 nitrogen and oxygen atoms in total. The summed E-state index contributed by atoms with van der Waals surface area (Å²) < 4.78 is 21.9. The van der Waals surface area contributed by atoms with Gasteiger partial charge >= 0.3 is 6.09 Å². The van der Waals surface area contributed by atoms with E-state index in [1.54, 1.807) is 29.2 Å².